The van der Waals surface area contributed by atoms with Crippen molar-refractivity contribution in [3.8, 4) is 11.3 Å². The molecular weight excluding hydrogens is 446 g/mol. The Bertz CT molecular complexity index is 1200. The molecule has 2 bridgehead atoms. The lowest BCUT2D eigenvalue weighted by atomic mass is 9.69. The maximum absolute atomic E-state index is 14.1. The smallest absolute Gasteiger partial charge is 0.293 e. The first kappa shape index (κ1) is 21.9. The second-order valence-corrected chi connectivity index (χ2v) is 10.8. The molecular formula is C28H30ClN3O2. The van der Waals surface area contributed by atoms with E-state index >= 15 is 0 Å². The molecule has 1 amide bonds. The molecule has 0 spiro atoms. The molecule has 0 radical (unpaired) electrons. The summed E-state index contributed by atoms with van der Waals surface area (Å²) in [6.45, 7) is 2.38. The number of likely N-dealkylation sites (tertiary alicyclic amines) is 1. The van der Waals surface area contributed by atoms with Gasteiger partial charge in [0.2, 0.25) is 5.76 Å². The number of nitrogens with zero attached hydrogens (tertiary/aromatic N) is 2. The number of carbonyl (C=O) groups excluding carboxylic acids is 1. The number of nitrogens with one attached hydrogen (secondary N) is 1. The predicted molar refractivity (Wildman–Crippen MR) is 133 cm³/mol. The minimum atomic E-state index is -0.0583. The number of aromatic nitrogens is 1. The summed E-state index contributed by atoms with van der Waals surface area (Å²) in [5.41, 5.74) is 2.70. The van der Waals surface area contributed by atoms with Crippen molar-refractivity contribution >= 4 is 17.5 Å². The predicted octanol–water partition coefficient (Wildman–Crippen LogP) is 5.74. The van der Waals surface area contributed by atoms with Gasteiger partial charge in [0.05, 0.1) is 11.1 Å². The van der Waals surface area contributed by atoms with E-state index < -0.39 is 0 Å². The van der Waals surface area contributed by atoms with E-state index in [1.165, 1.54) is 18.4 Å². The van der Waals surface area contributed by atoms with Crippen LogP contribution in [0.2, 0.25) is 5.02 Å². The highest BCUT2D eigenvalue weighted by molar-refractivity contribution is 6.33. The summed E-state index contributed by atoms with van der Waals surface area (Å²) in [6, 6.07) is 20.8. The van der Waals surface area contributed by atoms with Crippen LogP contribution < -0.4 is 5.32 Å². The van der Waals surface area contributed by atoms with E-state index in [4.69, 9.17) is 16.1 Å². The first-order chi connectivity index (χ1) is 16.5. The molecule has 176 valence electrons. The van der Waals surface area contributed by atoms with Crippen molar-refractivity contribution in [1.82, 2.24) is 15.4 Å². The van der Waals surface area contributed by atoms with Gasteiger partial charge >= 0.3 is 0 Å². The number of amides is 1. The maximum Gasteiger partial charge on any atom is 0.293 e. The lowest BCUT2D eigenvalue weighted by Crippen LogP contribution is -2.61. The number of rotatable bonds is 4. The van der Waals surface area contributed by atoms with E-state index in [1.54, 1.807) is 6.07 Å². The van der Waals surface area contributed by atoms with Gasteiger partial charge in [-0.1, -0.05) is 85.1 Å². The van der Waals surface area contributed by atoms with Crippen LogP contribution in [0.3, 0.4) is 0 Å². The Morgan fingerprint density at radius 2 is 1.91 bits per heavy atom. The molecule has 2 aromatic carbocycles. The Labute approximate surface area is 205 Å². The molecule has 0 unspecified atom stereocenters. The van der Waals surface area contributed by atoms with E-state index in [2.05, 4.69) is 46.6 Å². The SMILES string of the molecule is C[C@]12C[C@@H]3N[C@H]1CCCC[C@H]2N(C(=O)c1cc(-c2ccccc2Cl)no1)[C@H]3Cc1ccccc1. The second-order valence-electron chi connectivity index (χ2n) is 10.4. The summed E-state index contributed by atoms with van der Waals surface area (Å²) in [5, 5.41) is 8.76. The molecule has 5 atom stereocenters. The van der Waals surface area contributed by atoms with Gasteiger partial charge in [0.15, 0.2) is 0 Å². The van der Waals surface area contributed by atoms with Gasteiger partial charge in [-0.15, -0.1) is 0 Å². The number of benzene rings is 2. The minimum absolute atomic E-state index is 0.0583. The van der Waals surface area contributed by atoms with Gasteiger partial charge in [-0.2, -0.15) is 0 Å². The van der Waals surface area contributed by atoms with Crippen LogP contribution in [0.5, 0.6) is 0 Å². The van der Waals surface area contributed by atoms with Crippen LogP contribution in [0, 0.1) is 5.41 Å². The number of piperidine rings is 1. The van der Waals surface area contributed by atoms with Gasteiger partial charge in [0.25, 0.3) is 5.91 Å². The summed E-state index contributed by atoms with van der Waals surface area (Å²) < 4.78 is 5.66. The molecule has 1 N–H and O–H groups in total. The molecule has 6 rings (SSSR count). The van der Waals surface area contributed by atoms with E-state index in [9.17, 15) is 4.79 Å². The minimum Gasteiger partial charge on any atom is -0.350 e. The second kappa shape index (κ2) is 8.54. The Morgan fingerprint density at radius 3 is 2.74 bits per heavy atom. The van der Waals surface area contributed by atoms with Crippen LogP contribution >= 0.6 is 11.6 Å². The highest BCUT2D eigenvalue weighted by Crippen LogP contribution is 2.51. The first-order valence-corrected chi connectivity index (χ1v) is 12.8. The molecule has 3 aromatic rings. The highest BCUT2D eigenvalue weighted by Gasteiger charge is 2.59. The van der Waals surface area contributed by atoms with E-state index in [0.29, 0.717) is 22.5 Å². The molecule has 34 heavy (non-hydrogen) atoms. The normalized spacial score (nSPS) is 30.2. The van der Waals surface area contributed by atoms with Crippen molar-refractivity contribution in [2.24, 2.45) is 5.41 Å². The maximum atomic E-state index is 14.1. The van der Waals surface area contributed by atoms with E-state index in [0.717, 1.165) is 31.2 Å². The van der Waals surface area contributed by atoms with Gasteiger partial charge in [-0.05, 0) is 37.3 Å². The van der Waals surface area contributed by atoms with Gasteiger partial charge in [-0.25, -0.2) is 0 Å². The number of fused-ring (bicyclic) bond motifs is 1. The quantitative estimate of drug-likeness (QED) is 0.522. The Kier molecular flexibility index (Phi) is 5.50. The fourth-order valence-electron chi connectivity index (χ4n) is 6.74. The molecule has 2 aliphatic heterocycles. The third-order valence-electron chi connectivity index (χ3n) is 8.40. The zero-order chi connectivity index (χ0) is 23.3. The van der Waals surface area contributed by atoms with Crippen molar-refractivity contribution in [3.63, 3.8) is 0 Å². The van der Waals surface area contributed by atoms with Crippen LogP contribution in [0.4, 0.5) is 0 Å². The third kappa shape index (κ3) is 3.57. The van der Waals surface area contributed by atoms with Crippen LogP contribution in [0.15, 0.2) is 65.2 Å². The Morgan fingerprint density at radius 1 is 1.15 bits per heavy atom. The van der Waals surface area contributed by atoms with Gasteiger partial charge in [0.1, 0.15) is 5.69 Å². The van der Waals surface area contributed by atoms with Crippen molar-refractivity contribution in [3.05, 3.63) is 77.0 Å². The fourth-order valence-corrected chi connectivity index (χ4v) is 6.97. The number of halogens is 1. The first-order valence-electron chi connectivity index (χ1n) is 12.4. The third-order valence-corrected chi connectivity index (χ3v) is 8.73. The zero-order valence-corrected chi connectivity index (χ0v) is 20.2. The van der Waals surface area contributed by atoms with Crippen LogP contribution in [-0.2, 0) is 6.42 Å². The summed E-state index contributed by atoms with van der Waals surface area (Å²) in [6.07, 6.45) is 6.51. The molecule has 2 saturated heterocycles. The molecule has 5 nitrogen and oxygen atoms in total. The Hall–Kier alpha value is -2.63. The summed E-state index contributed by atoms with van der Waals surface area (Å²) in [7, 11) is 0. The van der Waals surface area contributed by atoms with Gasteiger partial charge < -0.3 is 14.7 Å². The molecule has 1 aromatic heterocycles. The van der Waals surface area contributed by atoms with Crippen molar-refractivity contribution in [1.29, 1.82) is 0 Å². The van der Waals surface area contributed by atoms with E-state index in [1.807, 2.05) is 30.3 Å². The lowest BCUT2D eigenvalue weighted by molar-refractivity contribution is 0.000414. The summed E-state index contributed by atoms with van der Waals surface area (Å²) in [4.78, 5) is 16.3. The monoisotopic (exact) mass is 475 g/mol. The summed E-state index contributed by atoms with van der Waals surface area (Å²) in [5.74, 6) is 0.232. The van der Waals surface area contributed by atoms with Gasteiger partial charge in [-0.3, -0.25) is 4.79 Å². The highest BCUT2D eigenvalue weighted by atomic mass is 35.5. The summed E-state index contributed by atoms with van der Waals surface area (Å²) >= 11 is 6.38. The van der Waals surface area contributed by atoms with E-state index in [-0.39, 0.29) is 29.4 Å². The largest absolute Gasteiger partial charge is 0.350 e. The van der Waals surface area contributed by atoms with Crippen molar-refractivity contribution in [2.45, 2.75) is 69.6 Å². The average Bonchev–Trinajstić information content (AvgIpc) is 3.40. The number of carbonyl (C=O) groups is 1. The molecule has 3 heterocycles. The van der Waals surface area contributed by atoms with Crippen LogP contribution in [-0.4, -0.2) is 40.1 Å². The zero-order valence-electron chi connectivity index (χ0n) is 19.4. The lowest BCUT2D eigenvalue weighted by Gasteiger charge is -2.50. The van der Waals surface area contributed by atoms with Crippen LogP contribution in [0.1, 0.15) is 55.1 Å². The number of hydrogen-bond acceptors (Lipinski definition) is 4. The van der Waals surface area contributed by atoms with Gasteiger partial charge in [0, 0.05) is 35.2 Å². The molecule has 3 fully saturated rings. The molecule has 3 aliphatic rings. The molecule has 1 saturated carbocycles. The number of hydrogen-bond donors (Lipinski definition) is 1. The standard InChI is InChI=1S/C28H30ClN3O2/c1-28-17-22-23(15-18-9-3-2-4-10-18)32(26(28)14-8-7-13-25(28)30-22)27(33)24-16-21(31-34-24)19-11-5-6-12-20(19)29/h2-6,9-12,16,22-23,25-26,30H,7-8,13-15,17H2,1H3/t22-,23-,25-,26+,28-/m0/s1. The van der Waals surface area contributed by atoms with Crippen molar-refractivity contribution < 1.29 is 9.32 Å². The fraction of sp³-hybridized carbons (Fsp3) is 0.429. The molecule has 6 heteroatoms. The Balaban J connectivity index is 1.39. The topological polar surface area (TPSA) is 58.4 Å². The van der Waals surface area contributed by atoms with Crippen molar-refractivity contribution in [2.75, 3.05) is 0 Å². The molecule has 1 aliphatic carbocycles. The van der Waals surface area contributed by atoms with Crippen LogP contribution in [0.25, 0.3) is 11.3 Å². The average molecular weight is 476 g/mol.